The number of hydrogen-bond acceptors (Lipinski definition) is 4. The molecule has 5 heteroatoms. The van der Waals surface area contributed by atoms with Gasteiger partial charge in [0, 0.05) is 18.0 Å². The van der Waals surface area contributed by atoms with Crippen LogP contribution in [0.2, 0.25) is 0 Å². The lowest BCUT2D eigenvalue weighted by molar-refractivity contribution is -0.123. The number of nitrogens with one attached hydrogen (secondary N) is 1. The fraction of sp³-hybridized carbons (Fsp3) is 0.600. The Balaban J connectivity index is 1.56. The van der Waals surface area contributed by atoms with E-state index in [9.17, 15) is 10.1 Å². The average Bonchev–Trinajstić information content (AvgIpc) is 3.18. The molecule has 20 heavy (non-hydrogen) atoms. The van der Waals surface area contributed by atoms with Crippen molar-refractivity contribution in [3.05, 3.63) is 21.9 Å². The van der Waals surface area contributed by atoms with Crippen LogP contribution in [0.1, 0.15) is 30.2 Å². The van der Waals surface area contributed by atoms with Crippen molar-refractivity contribution in [3.8, 4) is 6.07 Å². The van der Waals surface area contributed by atoms with Gasteiger partial charge in [-0.15, -0.1) is 11.3 Å². The van der Waals surface area contributed by atoms with E-state index in [-0.39, 0.29) is 5.91 Å². The van der Waals surface area contributed by atoms with E-state index < -0.39 is 5.54 Å². The first-order valence-corrected chi connectivity index (χ1v) is 7.98. The van der Waals surface area contributed by atoms with Crippen molar-refractivity contribution in [2.24, 2.45) is 5.92 Å². The van der Waals surface area contributed by atoms with E-state index in [1.165, 1.54) is 10.4 Å². The predicted octanol–water partition coefficient (Wildman–Crippen LogP) is 1.91. The van der Waals surface area contributed by atoms with Gasteiger partial charge in [0.25, 0.3) is 0 Å². The molecule has 4 nitrogen and oxygen atoms in total. The predicted molar refractivity (Wildman–Crippen MR) is 78.2 cm³/mol. The highest BCUT2D eigenvalue weighted by Gasteiger charge is 2.43. The van der Waals surface area contributed by atoms with Crippen LogP contribution in [-0.4, -0.2) is 29.4 Å². The molecule has 1 aliphatic heterocycles. The summed E-state index contributed by atoms with van der Waals surface area (Å²) in [5.74, 6) is 0.306. The van der Waals surface area contributed by atoms with Crippen LogP contribution in [0.15, 0.2) is 11.4 Å². The largest absolute Gasteiger partial charge is 0.337 e. The highest BCUT2D eigenvalue weighted by Crippen LogP contribution is 2.39. The number of nitriles is 1. The molecule has 0 unspecified atom stereocenters. The van der Waals surface area contributed by atoms with Crippen LogP contribution in [0.25, 0.3) is 0 Å². The molecule has 1 atom stereocenters. The maximum absolute atomic E-state index is 12.2. The van der Waals surface area contributed by atoms with Gasteiger partial charge in [0.2, 0.25) is 5.91 Å². The van der Waals surface area contributed by atoms with Gasteiger partial charge < -0.3 is 5.32 Å². The summed E-state index contributed by atoms with van der Waals surface area (Å²) in [4.78, 5) is 15.8. The van der Waals surface area contributed by atoms with Crippen molar-refractivity contribution >= 4 is 17.2 Å². The molecular weight excluding hydrogens is 270 g/mol. The lowest BCUT2D eigenvalue weighted by Crippen LogP contribution is -2.50. The first-order chi connectivity index (χ1) is 9.60. The van der Waals surface area contributed by atoms with Gasteiger partial charge in [-0.2, -0.15) is 5.26 Å². The molecule has 1 aromatic heterocycles. The number of hydrogen-bond donors (Lipinski definition) is 1. The molecule has 1 aliphatic carbocycles. The summed E-state index contributed by atoms with van der Waals surface area (Å²) in [6.45, 7) is 4.00. The molecule has 3 rings (SSSR count). The molecule has 2 heterocycles. The number of carbonyl (C=O) groups is 1. The molecule has 1 fully saturated rings. The van der Waals surface area contributed by atoms with Gasteiger partial charge in [-0.05, 0) is 49.1 Å². The average molecular weight is 289 g/mol. The minimum Gasteiger partial charge on any atom is -0.337 e. The first kappa shape index (κ1) is 13.6. The third kappa shape index (κ3) is 2.72. The summed E-state index contributed by atoms with van der Waals surface area (Å²) < 4.78 is 0. The summed E-state index contributed by atoms with van der Waals surface area (Å²) >= 11 is 1.80. The first-order valence-electron chi connectivity index (χ1n) is 7.10. The van der Waals surface area contributed by atoms with Gasteiger partial charge in [0.05, 0.1) is 12.6 Å². The van der Waals surface area contributed by atoms with Crippen molar-refractivity contribution in [2.75, 3.05) is 13.1 Å². The van der Waals surface area contributed by atoms with Crippen LogP contribution in [0, 0.1) is 17.2 Å². The SMILES string of the molecule is C[C@@](C#N)(NC(=O)CN1CCc2sccc2C1)C1CC1. The van der Waals surface area contributed by atoms with Gasteiger partial charge in [0.1, 0.15) is 5.54 Å². The molecule has 0 bridgehead atoms. The topological polar surface area (TPSA) is 56.1 Å². The number of fused-ring (bicyclic) bond motifs is 1. The van der Waals surface area contributed by atoms with Crippen molar-refractivity contribution in [3.63, 3.8) is 0 Å². The Labute approximate surface area is 123 Å². The second kappa shape index (κ2) is 5.19. The van der Waals surface area contributed by atoms with Crippen LogP contribution >= 0.6 is 11.3 Å². The van der Waals surface area contributed by atoms with Gasteiger partial charge >= 0.3 is 0 Å². The molecule has 0 aromatic carbocycles. The highest BCUT2D eigenvalue weighted by atomic mass is 32.1. The van der Waals surface area contributed by atoms with E-state index in [0.29, 0.717) is 12.5 Å². The van der Waals surface area contributed by atoms with Gasteiger partial charge in [-0.3, -0.25) is 9.69 Å². The summed E-state index contributed by atoms with van der Waals surface area (Å²) in [5.41, 5.74) is 0.666. The Kier molecular flexibility index (Phi) is 3.53. The minimum absolute atomic E-state index is 0.0281. The summed E-state index contributed by atoms with van der Waals surface area (Å²) in [6, 6.07) is 4.42. The van der Waals surface area contributed by atoms with E-state index in [4.69, 9.17) is 0 Å². The molecule has 1 N–H and O–H groups in total. The van der Waals surface area contributed by atoms with Crippen molar-refractivity contribution in [1.82, 2.24) is 10.2 Å². The summed E-state index contributed by atoms with van der Waals surface area (Å²) in [7, 11) is 0. The molecule has 0 spiro atoms. The second-order valence-corrected chi connectivity index (χ2v) is 6.97. The molecule has 1 saturated carbocycles. The smallest absolute Gasteiger partial charge is 0.235 e. The Bertz CT molecular complexity index is 558. The molecule has 0 radical (unpaired) electrons. The van der Waals surface area contributed by atoms with Gasteiger partial charge in [-0.25, -0.2) is 0 Å². The lowest BCUT2D eigenvalue weighted by Gasteiger charge is -2.28. The maximum Gasteiger partial charge on any atom is 0.235 e. The number of carbonyl (C=O) groups excluding carboxylic acids is 1. The third-order valence-corrected chi connectivity index (χ3v) is 5.30. The van der Waals surface area contributed by atoms with E-state index >= 15 is 0 Å². The highest BCUT2D eigenvalue weighted by molar-refractivity contribution is 7.10. The normalized spacial score (nSPS) is 21.6. The van der Waals surface area contributed by atoms with Crippen molar-refractivity contribution in [2.45, 2.75) is 38.3 Å². The van der Waals surface area contributed by atoms with Gasteiger partial charge in [0.15, 0.2) is 0 Å². The van der Waals surface area contributed by atoms with Gasteiger partial charge in [-0.1, -0.05) is 0 Å². The Hall–Kier alpha value is -1.38. The fourth-order valence-electron chi connectivity index (χ4n) is 2.86. The van der Waals surface area contributed by atoms with E-state index in [1.807, 2.05) is 6.92 Å². The fourth-order valence-corrected chi connectivity index (χ4v) is 3.75. The number of thiophene rings is 1. The minimum atomic E-state index is -0.680. The molecular formula is C15H19N3OS. The maximum atomic E-state index is 12.2. The summed E-state index contributed by atoms with van der Waals surface area (Å²) in [6.07, 6.45) is 3.12. The van der Waals surface area contributed by atoms with Crippen LogP contribution in [0.3, 0.4) is 0 Å². The monoisotopic (exact) mass is 289 g/mol. The molecule has 106 valence electrons. The molecule has 1 amide bonds. The van der Waals surface area contributed by atoms with Crippen LogP contribution < -0.4 is 5.32 Å². The Morgan fingerprint density at radius 3 is 3.15 bits per heavy atom. The zero-order valence-corrected chi connectivity index (χ0v) is 12.5. The third-order valence-electron chi connectivity index (χ3n) is 4.28. The zero-order chi connectivity index (χ0) is 14.2. The van der Waals surface area contributed by atoms with E-state index in [1.54, 1.807) is 11.3 Å². The number of rotatable bonds is 4. The number of amides is 1. The molecule has 0 saturated heterocycles. The Morgan fingerprint density at radius 2 is 2.45 bits per heavy atom. The van der Waals surface area contributed by atoms with Crippen molar-refractivity contribution in [1.29, 1.82) is 5.26 Å². The summed E-state index contributed by atoms with van der Waals surface area (Å²) in [5, 5.41) is 14.3. The van der Waals surface area contributed by atoms with Crippen LogP contribution in [0.5, 0.6) is 0 Å². The lowest BCUT2D eigenvalue weighted by atomic mass is 9.98. The van der Waals surface area contributed by atoms with E-state index in [0.717, 1.165) is 32.4 Å². The van der Waals surface area contributed by atoms with Crippen LogP contribution in [-0.2, 0) is 17.8 Å². The van der Waals surface area contributed by atoms with E-state index in [2.05, 4.69) is 27.7 Å². The second-order valence-electron chi connectivity index (χ2n) is 5.97. The standard InChI is InChI=1S/C15H19N3OS/c1-15(10-16,12-2-3-12)17-14(19)9-18-6-4-13-11(8-18)5-7-20-13/h5,7,12H,2-4,6,8-9H2,1H3,(H,17,19)/t15-/m0/s1. The number of nitrogens with zero attached hydrogens (tertiary/aromatic N) is 2. The Morgan fingerprint density at radius 1 is 1.65 bits per heavy atom. The molecule has 2 aliphatic rings. The zero-order valence-electron chi connectivity index (χ0n) is 11.7. The van der Waals surface area contributed by atoms with Crippen molar-refractivity contribution < 1.29 is 4.79 Å². The quantitative estimate of drug-likeness (QED) is 0.921. The molecule has 1 aromatic rings. The van der Waals surface area contributed by atoms with Crippen LogP contribution in [0.4, 0.5) is 0 Å².